The molecule has 0 radical (unpaired) electrons. The topological polar surface area (TPSA) is 91.8 Å². The number of aromatic hydroxyl groups is 1. The van der Waals surface area contributed by atoms with E-state index in [1.165, 1.54) is 24.3 Å². The Morgan fingerprint density at radius 3 is 2.46 bits per heavy atom. The predicted octanol–water partition coefficient (Wildman–Crippen LogP) is 3.19. The molecule has 1 unspecified atom stereocenters. The van der Waals surface area contributed by atoms with Gasteiger partial charge in [-0.15, -0.1) is 0 Å². The number of esters is 1. The second-order valence-corrected chi connectivity index (χ2v) is 9.60. The van der Waals surface area contributed by atoms with Crippen LogP contribution in [0.1, 0.15) is 63.7 Å². The van der Waals surface area contributed by atoms with Crippen LogP contribution in [0.2, 0.25) is 0 Å². The molecule has 1 aliphatic carbocycles. The van der Waals surface area contributed by atoms with E-state index >= 15 is 0 Å². The van der Waals surface area contributed by atoms with Gasteiger partial charge in [-0.1, -0.05) is 13.8 Å². The number of fused-ring (bicyclic) bond motifs is 2. The summed E-state index contributed by atoms with van der Waals surface area (Å²) in [5.41, 5.74) is -0.859. The van der Waals surface area contributed by atoms with Gasteiger partial charge < -0.3 is 24.4 Å². The number of carbonyl (C=O) groups excluding carboxylic acids is 1. The van der Waals surface area contributed by atoms with Crippen molar-refractivity contribution >= 4 is 5.97 Å². The average molecular weight is 390 g/mol. The number of rotatable bonds is 2. The number of aliphatic hydroxyl groups is 1. The van der Waals surface area contributed by atoms with E-state index in [0.29, 0.717) is 12.0 Å². The summed E-state index contributed by atoms with van der Waals surface area (Å²) in [6, 6.07) is 5.98. The summed E-state index contributed by atoms with van der Waals surface area (Å²) >= 11 is 0. The lowest BCUT2D eigenvalue weighted by Gasteiger charge is -2.31. The lowest BCUT2D eigenvalue weighted by molar-refractivity contribution is 0.00189. The summed E-state index contributed by atoms with van der Waals surface area (Å²) in [5, 5.41) is 20.4. The fourth-order valence-electron chi connectivity index (χ4n) is 4.53. The molecule has 6 atom stereocenters. The van der Waals surface area contributed by atoms with Crippen molar-refractivity contribution in [2.75, 3.05) is 0 Å². The summed E-state index contributed by atoms with van der Waals surface area (Å²) in [6.07, 6.45) is 1.82. The predicted molar refractivity (Wildman–Crippen MR) is 102 cm³/mol. The molecule has 1 saturated carbocycles. The molecule has 1 aromatic rings. The standard InChI is InChI=1S/C22H30O6/c1-20(2)10-5-11-21(3)15(27-21)12-16(22(4)18(28-22)17(20)24)26-19(25)13-6-8-14(23)9-7-13/h6-9,15-18,23-24H,5,10-12H2,1-4H3/t15-,16?,17-,18-,21-,22-/m1/s1. The zero-order valence-corrected chi connectivity index (χ0v) is 17.0. The molecule has 2 aliphatic heterocycles. The van der Waals surface area contributed by atoms with Gasteiger partial charge in [0.25, 0.3) is 0 Å². The highest BCUT2D eigenvalue weighted by Crippen LogP contribution is 2.53. The number of carbonyl (C=O) groups is 1. The lowest BCUT2D eigenvalue weighted by Crippen LogP contribution is -2.42. The Morgan fingerprint density at radius 2 is 1.79 bits per heavy atom. The minimum atomic E-state index is -0.736. The van der Waals surface area contributed by atoms with Crippen LogP contribution in [0, 0.1) is 5.41 Å². The van der Waals surface area contributed by atoms with Crippen LogP contribution in [0.3, 0.4) is 0 Å². The van der Waals surface area contributed by atoms with Gasteiger partial charge in [-0.05, 0) is 62.8 Å². The van der Waals surface area contributed by atoms with Gasteiger partial charge >= 0.3 is 5.97 Å². The Balaban J connectivity index is 1.57. The fraction of sp³-hybridized carbons (Fsp3) is 0.682. The van der Waals surface area contributed by atoms with Crippen molar-refractivity contribution in [1.82, 2.24) is 0 Å². The van der Waals surface area contributed by atoms with Crippen LogP contribution < -0.4 is 0 Å². The Morgan fingerprint density at radius 1 is 1.11 bits per heavy atom. The van der Waals surface area contributed by atoms with Gasteiger partial charge in [0.1, 0.15) is 23.6 Å². The summed E-state index contributed by atoms with van der Waals surface area (Å²) in [5.74, 6) is -0.372. The summed E-state index contributed by atoms with van der Waals surface area (Å²) in [4.78, 5) is 12.7. The van der Waals surface area contributed by atoms with Gasteiger partial charge in [0, 0.05) is 6.42 Å². The highest BCUT2D eigenvalue weighted by Gasteiger charge is 2.67. The first-order chi connectivity index (χ1) is 13.1. The number of phenols is 1. The number of ether oxygens (including phenoxy) is 3. The second kappa shape index (κ2) is 6.44. The normalized spacial score (nSPS) is 41.8. The summed E-state index contributed by atoms with van der Waals surface area (Å²) < 4.78 is 17.8. The van der Waals surface area contributed by atoms with E-state index in [1.54, 1.807) is 0 Å². The van der Waals surface area contributed by atoms with Crippen LogP contribution >= 0.6 is 0 Å². The van der Waals surface area contributed by atoms with Gasteiger partial charge in [0.15, 0.2) is 0 Å². The van der Waals surface area contributed by atoms with Crippen molar-refractivity contribution in [1.29, 1.82) is 0 Å². The van der Waals surface area contributed by atoms with E-state index in [4.69, 9.17) is 14.2 Å². The zero-order valence-electron chi connectivity index (χ0n) is 17.0. The minimum absolute atomic E-state index is 0.0187. The first-order valence-corrected chi connectivity index (χ1v) is 10.1. The number of benzene rings is 1. The van der Waals surface area contributed by atoms with Gasteiger partial charge in [-0.25, -0.2) is 4.79 Å². The van der Waals surface area contributed by atoms with Crippen molar-refractivity contribution in [3.8, 4) is 5.75 Å². The molecule has 3 aliphatic rings. The Bertz CT molecular complexity index is 759. The molecule has 1 aromatic carbocycles. The van der Waals surface area contributed by atoms with Gasteiger partial charge in [0.05, 0.1) is 23.4 Å². The smallest absolute Gasteiger partial charge is 0.338 e. The van der Waals surface area contributed by atoms with E-state index < -0.39 is 23.8 Å². The molecule has 28 heavy (non-hydrogen) atoms. The second-order valence-electron chi connectivity index (χ2n) is 9.60. The largest absolute Gasteiger partial charge is 0.508 e. The molecule has 6 nitrogen and oxygen atoms in total. The highest BCUT2D eigenvalue weighted by atomic mass is 16.7. The van der Waals surface area contributed by atoms with Crippen molar-refractivity contribution in [2.24, 2.45) is 5.41 Å². The van der Waals surface area contributed by atoms with Gasteiger partial charge in [0.2, 0.25) is 0 Å². The Labute approximate surface area is 165 Å². The van der Waals surface area contributed by atoms with Crippen LogP contribution in [0.25, 0.3) is 0 Å². The van der Waals surface area contributed by atoms with Crippen LogP contribution in [0.15, 0.2) is 24.3 Å². The van der Waals surface area contributed by atoms with Crippen LogP contribution in [0.4, 0.5) is 0 Å². The van der Waals surface area contributed by atoms with Crippen LogP contribution in [-0.2, 0) is 14.2 Å². The maximum Gasteiger partial charge on any atom is 0.338 e. The third-order valence-electron chi connectivity index (χ3n) is 6.93. The maximum atomic E-state index is 12.7. The van der Waals surface area contributed by atoms with Crippen molar-refractivity contribution in [3.63, 3.8) is 0 Å². The first-order valence-electron chi connectivity index (χ1n) is 10.1. The SMILES string of the molecule is CC1(C)CCC[C@@]2(C)O[C@@H]2CC(OC(=O)c2ccc(O)cc2)[C@@]2(C)O[C@@H]2[C@H]1O. The molecule has 0 bridgehead atoms. The summed E-state index contributed by atoms with van der Waals surface area (Å²) in [6.45, 7) is 8.13. The Kier molecular flexibility index (Phi) is 4.53. The van der Waals surface area contributed by atoms with E-state index in [9.17, 15) is 15.0 Å². The molecule has 2 N–H and O–H groups in total. The van der Waals surface area contributed by atoms with Crippen LogP contribution in [-0.4, -0.2) is 51.8 Å². The molecule has 2 heterocycles. The van der Waals surface area contributed by atoms with Crippen molar-refractivity contribution < 1.29 is 29.2 Å². The molecule has 0 spiro atoms. The Hall–Kier alpha value is -1.63. The van der Waals surface area contributed by atoms with E-state index in [1.807, 2.05) is 6.92 Å². The molecule has 3 fully saturated rings. The average Bonchev–Trinajstić information content (AvgIpc) is 3.49. The van der Waals surface area contributed by atoms with E-state index in [2.05, 4.69) is 20.8 Å². The third kappa shape index (κ3) is 3.42. The monoisotopic (exact) mass is 390 g/mol. The molecule has 4 rings (SSSR count). The number of hydrogen-bond donors (Lipinski definition) is 2. The molecular formula is C22H30O6. The number of hydrogen-bond acceptors (Lipinski definition) is 6. The third-order valence-corrected chi connectivity index (χ3v) is 6.93. The molecule has 2 saturated heterocycles. The molecule has 154 valence electrons. The van der Waals surface area contributed by atoms with E-state index in [0.717, 1.165) is 19.3 Å². The van der Waals surface area contributed by atoms with Gasteiger partial charge in [-0.3, -0.25) is 0 Å². The lowest BCUT2D eigenvalue weighted by atomic mass is 9.77. The van der Waals surface area contributed by atoms with Gasteiger partial charge in [-0.2, -0.15) is 0 Å². The number of aliphatic hydroxyl groups excluding tert-OH is 1. The number of epoxide rings is 2. The molecule has 0 amide bonds. The van der Waals surface area contributed by atoms with Crippen molar-refractivity contribution in [3.05, 3.63) is 29.8 Å². The van der Waals surface area contributed by atoms with Crippen LogP contribution in [0.5, 0.6) is 5.75 Å². The zero-order chi connectivity index (χ0) is 20.3. The summed E-state index contributed by atoms with van der Waals surface area (Å²) in [7, 11) is 0. The molecular weight excluding hydrogens is 360 g/mol. The van der Waals surface area contributed by atoms with Crippen molar-refractivity contribution in [2.45, 2.75) is 89.0 Å². The highest BCUT2D eigenvalue weighted by molar-refractivity contribution is 5.89. The first kappa shape index (κ1) is 19.7. The maximum absolute atomic E-state index is 12.7. The fourth-order valence-corrected chi connectivity index (χ4v) is 4.53. The quantitative estimate of drug-likeness (QED) is 0.595. The van der Waals surface area contributed by atoms with E-state index in [-0.39, 0.29) is 29.0 Å². The number of phenolic OH excluding ortho intramolecular Hbond substituents is 1. The molecule has 6 heteroatoms. The minimum Gasteiger partial charge on any atom is -0.508 e. The molecule has 0 aromatic heterocycles.